The summed E-state index contributed by atoms with van der Waals surface area (Å²) >= 11 is 0. The molecule has 0 bridgehead atoms. The van der Waals surface area contributed by atoms with E-state index in [1.54, 1.807) is 0 Å². The van der Waals surface area contributed by atoms with Crippen molar-refractivity contribution < 1.29 is 0 Å². The highest BCUT2D eigenvalue weighted by molar-refractivity contribution is 5.12. The molecule has 0 saturated carbocycles. The molecule has 1 aromatic heterocycles. The van der Waals surface area contributed by atoms with Gasteiger partial charge in [-0.3, -0.25) is 4.98 Å². The molecule has 0 spiro atoms. The van der Waals surface area contributed by atoms with Gasteiger partial charge >= 0.3 is 0 Å². The third-order valence-electron chi connectivity index (χ3n) is 2.02. The first-order valence-electron chi connectivity index (χ1n) is 4.78. The minimum atomic E-state index is 0.0832. The average Bonchev–Trinajstić information content (AvgIpc) is 2.03. The molecule has 1 aromatic rings. The fourth-order valence-corrected chi connectivity index (χ4v) is 1.40. The maximum atomic E-state index is 6.00. The molecule has 0 aliphatic rings. The Morgan fingerprint density at radius 1 is 1.38 bits per heavy atom. The minimum absolute atomic E-state index is 0.0832. The lowest BCUT2D eigenvalue weighted by Crippen LogP contribution is -2.14. The molecule has 0 aromatic carbocycles. The van der Waals surface area contributed by atoms with Crippen LogP contribution in [0.2, 0.25) is 0 Å². The van der Waals surface area contributed by atoms with Crippen LogP contribution in [0.1, 0.15) is 37.7 Å². The number of hydrogen-bond donors (Lipinski definition) is 1. The Morgan fingerprint density at radius 3 is 2.62 bits per heavy atom. The van der Waals surface area contributed by atoms with Crippen molar-refractivity contribution in [2.24, 2.45) is 11.7 Å². The summed E-state index contributed by atoms with van der Waals surface area (Å²) in [4.78, 5) is 4.40. The number of nitrogens with two attached hydrogens (primary N) is 1. The quantitative estimate of drug-likeness (QED) is 0.772. The standard InChI is InChI=1S/C11H18N2/c1-8(2)7-10(12)11-6-4-5-9(3)13-11/h4-6,8,10H,7,12H2,1-3H3/t10-/m0/s1. The molecule has 0 aliphatic carbocycles. The second-order valence-corrected chi connectivity index (χ2v) is 3.94. The monoisotopic (exact) mass is 178 g/mol. The summed E-state index contributed by atoms with van der Waals surface area (Å²) in [6, 6.07) is 6.09. The normalized spacial score (nSPS) is 13.3. The van der Waals surface area contributed by atoms with E-state index in [1.165, 1.54) is 0 Å². The van der Waals surface area contributed by atoms with Crippen molar-refractivity contribution in [1.82, 2.24) is 4.98 Å². The second-order valence-electron chi connectivity index (χ2n) is 3.94. The van der Waals surface area contributed by atoms with Gasteiger partial charge in [-0.2, -0.15) is 0 Å². The first-order valence-corrected chi connectivity index (χ1v) is 4.78. The largest absolute Gasteiger partial charge is 0.323 e. The summed E-state index contributed by atoms with van der Waals surface area (Å²) in [5.74, 6) is 0.623. The van der Waals surface area contributed by atoms with Crippen LogP contribution in [-0.4, -0.2) is 4.98 Å². The Kier molecular flexibility index (Phi) is 3.43. The van der Waals surface area contributed by atoms with Crippen molar-refractivity contribution in [3.8, 4) is 0 Å². The van der Waals surface area contributed by atoms with E-state index in [0.29, 0.717) is 5.92 Å². The molecule has 1 rings (SSSR count). The van der Waals surface area contributed by atoms with Gasteiger partial charge in [0.1, 0.15) is 0 Å². The SMILES string of the molecule is Cc1cccc([C@@H](N)CC(C)C)n1. The number of aryl methyl sites for hydroxylation is 1. The Balaban J connectivity index is 2.71. The lowest BCUT2D eigenvalue weighted by Gasteiger charge is -2.13. The van der Waals surface area contributed by atoms with E-state index in [1.807, 2.05) is 25.1 Å². The van der Waals surface area contributed by atoms with Crippen molar-refractivity contribution in [1.29, 1.82) is 0 Å². The van der Waals surface area contributed by atoms with Gasteiger partial charge in [0.05, 0.1) is 5.69 Å². The smallest absolute Gasteiger partial charge is 0.0574 e. The molecule has 1 heterocycles. The van der Waals surface area contributed by atoms with Crippen LogP contribution in [-0.2, 0) is 0 Å². The number of hydrogen-bond acceptors (Lipinski definition) is 2. The van der Waals surface area contributed by atoms with Crippen LogP contribution in [0.25, 0.3) is 0 Å². The topological polar surface area (TPSA) is 38.9 Å². The molecule has 13 heavy (non-hydrogen) atoms. The number of aromatic nitrogens is 1. The number of rotatable bonds is 3. The lowest BCUT2D eigenvalue weighted by molar-refractivity contribution is 0.501. The van der Waals surface area contributed by atoms with Crippen molar-refractivity contribution in [3.05, 3.63) is 29.6 Å². The Hall–Kier alpha value is -0.890. The van der Waals surface area contributed by atoms with Crippen molar-refractivity contribution in [2.75, 3.05) is 0 Å². The van der Waals surface area contributed by atoms with Gasteiger partial charge in [0.2, 0.25) is 0 Å². The molecular weight excluding hydrogens is 160 g/mol. The van der Waals surface area contributed by atoms with E-state index in [9.17, 15) is 0 Å². The number of pyridine rings is 1. The Bertz CT molecular complexity index is 269. The molecule has 72 valence electrons. The van der Waals surface area contributed by atoms with Gasteiger partial charge in [0, 0.05) is 11.7 Å². The maximum absolute atomic E-state index is 6.00. The van der Waals surface area contributed by atoms with E-state index in [0.717, 1.165) is 17.8 Å². The summed E-state index contributed by atoms with van der Waals surface area (Å²) in [6.45, 7) is 6.34. The molecule has 2 heteroatoms. The summed E-state index contributed by atoms with van der Waals surface area (Å²) in [7, 11) is 0. The molecule has 0 fully saturated rings. The highest BCUT2D eigenvalue weighted by Crippen LogP contribution is 2.16. The van der Waals surface area contributed by atoms with Crippen LogP contribution in [0.5, 0.6) is 0 Å². The van der Waals surface area contributed by atoms with E-state index in [2.05, 4.69) is 18.8 Å². The zero-order valence-corrected chi connectivity index (χ0v) is 8.62. The summed E-state index contributed by atoms with van der Waals surface area (Å²) in [6.07, 6.45) is 0.996. The van der Waals surface area contributed by atoms with Crippen LogP contribution in [0.3, 0.4) is 0 Å². The van der Waals surface area contributed by atoms with Crippen LogP contribution >= 0.6 is 0 Å². The molecule has 2 nitrogen and oxygen atoms in total. The van der Waals surface area contributed by atoms with E-state index >= 15 is 0 Å². The third kappa shape index (κ3) is 3.15. The fourth-order valence-electron chi connectivity index (χ4n) is 1.40. The average molecular weight is 178 g/mol. The Labute approximate surface area is 80.2 Å². The predicted octanol–water partition coefficient (Wildman–Crippen LogP) is 2.44. The second kappa shape index (κ2) is 4.38. The van der Waals surface area contributed by atoms with Gasteiger partial charge in [-0.15, -0.1) is 0 Å². The van der Waals surface area contributed by atoms with E-state index < -0.39 is 0 Å². The van der Waals surface area contributed by atoms with Gasteiger partial charge in [-0.1, -0.05) is 19.9 Å². The minimum Gasteiger partial charge on any atom is -0.323 e. The van der Waals surface area contributed by atoms with E-state index in [4.69, 9.17) is 5.73 Å². The summed E-state index contributed by atoms with van der Waals surface area (Å²) in [5, 5.41) is 0. The van der Waals surface area contributed by atoms with Crippen molar-refractivity contribution in [2.45, 2.75) is 33.2 Å². The molecule has 0 radical (unpaired) electrons. The first-order chi connectivity index (χ1) is 6.09. The first kappa shape index (κ1) is 10.2. The van der Waals surface area contributed by atoms with Gasteiger partial charge in [0.15, 0.2) is 0 Å². The molecular formula is C11H18N2. The molecule has 0 unspecified atom stereocenters. The lowest BCUT2D eigenvalue weighted by atomic mass is 10.0. The molecule has 2 N–H and O–H groups in total. The van der Waals surface area contributed by atoms with Gasteiger partial charge in [-0.25, -0.2) is 0 Å². The van der Waals surface area contributed by atoms with Crippen molar-refractivity contribution in [3.63, 3.8) is 0 Å². The number of nitrogens with zero attached hydrogens (tertiary/aromatic N) is 1. The third-order valence-corrected chi connectivity index (χ3v) is 2.02. The fraction of sp³-hybridized carbons (Fsp3) is 0.545. The maximum Gasteiger partial charge on any atom is 0.0574 e. The van der Waals surface area contributed by atoms with Crippen molar-refractivity contribution >= 4 is 0 Å². The molecule has 1 atom stereocenters. The van der Waals surface area contributed by atoms with Gasteiger partial charge in [0.25, 0.3) is 0 Å². The van der Waals surface area contributed by atoms with Crippen LogP contribution in [0.15, 0.2) is 18.2 Å². The molecule has 0 aliphatic heterocycles. The van der Waals surface area contributed by atoms with Crippen LogP contribution in [0.4, 0.5) is 0 Å². The highest BCUT2D eigenvalue weighted by atomic mass is 14.8. The Morgan fingerprint density at radius 2 is 2.08 bits per heavy atom. The zero-order chi connectivity index (χ0) is 9.84. The van der Waals surface area contributed by atoms with E-state index in [-0.39, 0.29) is 6.04 Å². The molecule has 0 amide bonds. The summed E-state index contributed by atoms with van der Waals surface area (Å²) in [5.41, 5.74) is 8.05. The van der Waals surface area contributed by atoms with Crippen LogP contribution < -0.4 is 5.73 Å². The van der Waals surface area contributed by atoms with Gasteiger partial charge in [-0.05, 0) is 31.4 Å². The molecule has 0 saturated heterocycles. The zero-order valence-electron chi connectivity index (χ0n) is 8.62. The van der Waals surface area contributed by atoms with Gasteiger partial charge < -0.3 is 5.73 Å². The predicted molar refractivity (Wildman–Crippen MR) is 55.4 cm³/mol. The summed E-state index contributed by atoms with van der Waals surface area (Å²) < 4.78 is 0. The van der Waals surface area contributed by atoms with Crippen LogP contribution in [0, 0.1) is 12.8 Å². The highest BCUT2D eigenvalue weighted by Gasteiger charge is 2.08.